The van der Waals surface area contributed by atoms with E-state index in [4.69, 9.17) is 0 Å². The van der Waals surface area contributed by atoms with Gasteiger partial charge in [-0.2, -0.15) is 10.2 Å². The number of nitro benzene ring substituents is 1. The van der Waals surface area contributed by atoms with Crippen LogP contribution >= 0.6 is 0 Å². The zero-order valence-corrected chi connectivity index (χ0v) is 9.61. The zero-order valence-electron chi connectivity index (χ0n) is 9.61. The normalized spacial score (nSPS) is 10.5. The van der Waals surface area contributed by atoms with E-state index in [1.54, 1.807) is 12.1 Å². The molecule has 8 heteroatoms. The van der Waals surface area contributed by atoms with Gasteiger partial charge in [-0.3, -0.25) is 20.0 Å². The molecule has 0 aliphatic carbocycles. The number of hydrogen-bond acceptors (Lipinski definition) is 5. The van der Waals surface area contributed by atoms with Crippen molar-refractivity contribution >= 4 is 17.8 Å². The second-order valence-corrected chi connectivity index (χ2v) is 3.49. The molecule has 0 saturated carbocycles. The van der Waals surface area contributed by atoms with Gasteiger partial charge in [0.15, 0.2) is 0 Å². The molecule has 0 unspecified atom stereocenters. The van der Waals surface area contributed by atoms with Gasteiger partial charge in [-0.15, -0.1) is 0 Å². The van der Waals surface area contributed by atoms with Gasteiger partial charge >= 0.3 is 0 Å². The maximum Gasteiger partial charge on any atom is 0.289 e. The highest BCUT2D eigenvalue weighted by Crippen LogP contribution is 2.14. The van der Waals surface area contributed by atoms with E-state index in [-0.39, 0.29) is 11.4 Å². The smallest absolute Gasteiger partial charge is 0.273 e. The lowest BCUT2D eigenvalue weighted by Gasteiger charge is -1.97. The minimum atomic E-state index is -0.516. The molecule has 2 N–H and O–H groups in total. The SMILES string of the molecule is O=C(N/N=C\c1ccccc1[N+](=O)[O-])c1ccn[nH]1. The van der Waals surface area contributed by atoms with Crippen molar-refractivity contribution in [1.82, 2.24) is 15.6 Å². The van der Waals surface area contributed by atoms with Crippen molar-refractivity contribution in [3.05, 3.63) is 57.9 Å². The number of carbonyl (C=O) groups excluding carboxylic acids is 1. The van der Waals surface area contributed by atoms with Gasteiger partial charge in [-0.1, -0.05) is 12.1 Å². The van der Waals surface area contributed by atoms with E-state index in [0.717, 1.165) is 0 Å². The quantitative estimate of drug-likeness (QED) is 0.485. The number of benzene rings is 1. The number of amides is 1. The van der Waals surface area contributed by atoms with Crippen molar-refractivity contribution in [2.75, 3.05) is 0 Å². The van der Waals surface area contributed by atoms with Crippen LogP contribution in [0.4, 0.5) is 5.69 Å². The number of hydrogen-bond donors (Lipinski definition) is 2. The molecule has 0 spiro atoms. The average molecular weight is 259 g/mol. The van der Waals surface area contributed by atoms with Crippen LogP contribution in [0.3, 0.4) is 0 Å². The molecule has 0 aliphatic rings. The second kappa shape index (κ2) is 5.54. The van der Waals surface area contributed by atoms with E-state index >= 15 is 0 Å². The van der Waals surface area contributed by atoms with Gasteiger partial charge < -0.3 is 0 Å². The summed E-state index contributed by atoms with van der Waals surface area (Å²) in [6, 6.07) is 7.57. The van der Waals surface area contributed by atoms with Crippen LogP contribution in [0.1, 0.15) is 16.1 Å². The Balaban J connectivity index is 2.07. The number of carbonyl (C=O) groups is 1. The highest BCUT2D eigenvalue weighted by atomic mass is 16.6. The lowest BCUT2D eigenvalue weighted by Crippen LogP contribution is -2.18. The molecule has 1 heterocycles. The number of aromatic nitrogens is 2. The molecule has 96 valence electrons. The average Bonchev–Trinajstić information content (AvgIpc) is 2.93. The number of para-hydroxylation sites is 1. The third-order valence-electron chi connectivity index (χ3n) is 2.25. The van der Waals surface area contributed by atoms with Crippen LogP contribution in [-0.2, 0) is 0 Å². The summed E-state index contributed by atoms with van der Waals surface area (Å²) in [6.45, 7) is 0. The van der Waals surface area contributed by atoms with Crippen molar-refractivity contribution in [3.8, 4) is 0 Å². The molecule has 0 aliphatic heterocycles. The predicted molar refractivity (Wildman–Crippen MR) is 66.7 cm³/mol. The van der Waals surface area contributed by atoms with Crippen molar-refractivity contribution in [2.24, 2.45) is 5.10 Å². The Kier molecular flexibility index (Phi) is 3.62. The molecule has 0 radical (unpaired) electrons. The van der Waals surface area contributed by atoms with Crippen LogP contribution in [-0.4, -0.2) is 27.2 Å². The van der Waals surface area contributed by atoms with Gasteiger partial charge in [-0.25, -0.2) is 5.43 Å². The van der Waals surface area contributed by atoms with Gasteiger partial charge in [0.25, 0.3) is 11.6 Å². The summed E-state index contributed by atoms with van der Waals surface area (Å²) in [5, 5.41) is 20.5. The van der Waals surface area contributed by atoms with Crippen molar-refractivity contribution in [3.63, 3.8) is 0 Å². The van der Waals surface area contributed by atoms with Crippen LogP contribution < -0.4 is 5.43 Å². The highest BCUT2D eigenvalue weighted by Gasteiger charge is 2.10. The van der Waals surface area contributed by atoms with Gasteiger partial charge in [0.1, 0.15) is 5.69 Å². The number of rotatable bonds is 4. The first-order valence-corrected chi connectivity index (χ1v) is 5.24. The van der Waals surface area contributed by atoms with Crippen molar-refractivity contribution < 1.29 is 9.72 Å². The number of nitrogens with zero attached hydrogens (tertiary/aromatic N) is 3. The van der Waals surface area contributed by atoms with Gasteiger partial charge in [0.2, 0.25) is 0 Å². The number of aromatic amines is 1. The van der Waals surface area contributed by atoms with Crippen LogP contribution in [0.15, 0.2) is 41.6 Å². The van der Waals surface area contributed by atoms with E-state index in [1.165, 1.54) is 30.6 Å². The van der Waals surface area contributed by atoms with E-state index in [0.29, 0.717) is 5.56 Å². The molecule has 2 rings (SSSR count). The molecule has 0 atom stereocenters. The lowest BCUT2D eigenvalue weighted by atomic mass is 10.2. The largest absolute Gasteiger partial charge is 0.289 e. The van der Waals surface area contributed by atoms with E-state index in [2.05, 4.69) is 20.7 Å². The first-order valence-electron chi connectivity index (χ1n) is 5.24. The summed E-state index contributed by atoms with van der Waals surface area (Å²) < 4.78 is 0. The Bertz CT molecular complexity index is 621. The third-order valence-corrected chi connectivity index (χ3v) is 2.25. The summed E-state index contributed by atoms with van der Waals surface area (Å²) in [4.78, 5) is 21.7. The topological polar surface area (TPSA) is 113 Å². The van der Waals surface area contributed by atoms with Crippen LogP contribution in [0.2, 0.25) is 0 Å². The third kappa shape index (κ3) is 3.00. The molecule has 8 nitrogen and oxygen atoms in total. The van der Waals surface area contributed by atoms with Crippen molar-refractivity contribution in [1.29, 1.82) is 0 Å². The number of hydrazone groups is 1. The summed E-state index contributed by atoms with van der Waals surface area (Å²) >= 11 is 0. The molecule has 1 amide bonds. The molecular formula is C11H9N5O3. The number of H-pyrrole nitrogens is 1. The lowest BCUT2D eigenvalue weighted by molar-refractivity contribution is -0.385. The summed E-state index contributed by atoms with van der Waals surface area (Å²) in [6.07, 6.45) is 2.65. The minimum Gasteiger partial charge on any atom is -0.273 e. The molecule has 19 heavy (non-hydrogen) atoms. The Morgan fingerprint density at radius 3 is 2.89 bits per heavy atom. The summed E-state index contributed by atoms with van der Waals surface area (Å²) in [5.41, 5.74) is 2.71. The van der Waals surface area contributed by atoms with E-state index in [1.807, 2.05) is 0 Å². The molecular weight excluding hydrogens is 250 g/mol. The standard InChI is InChI=1S/C11H9N5O3/c17-11(9-5-6-12-14-9)15-13-7-8-3-1-2-4-10(8)16(18)19/h1-7H,(H,12,14)(H,15,17)/b13-7-. The fourth-order valence-corrected chi connectivity index (χ4v) is 1.37. The highest BCUT2D eigenvalue weighted by molar-refractivity contribution is 5.93. The minimum absolute atomic E-state index is 0.0814. The van der Waals surface area contributed by atoms with Gasteiger partial charge in [-0.05, 0) is 12.1 Å². The molecule has 0 fully saturated rings. The first kappa shape index (κ1) is 12.4. The monoisotopic (exact) mass is 259 g/mol. The molecule has 0 saturated heterocycles. The Morgan fingerprint density at radius 1 is 1.42 bits per heavy atom. The fraction of sp³-hybridized carbons (Fsp3) is 0. The van der Waals surface area contributed by atoms with Crippen molar-refractivity contribution in [2.45, 2.75) is 0 Å². The first-order chi connectivity index (χ1) is 9.18. The second-order valence-electron chi connectivity index (χ2n) is 3.49. The number of nitro groups is 1. The summed E-state index contributed by atoms with van der Waals surface area (Å²) in [7, 11) is 0. The van der Waals surface area contributed by atoms with Gasteiger partial charge in [0.05, 0.1) is 16.7 Å². The summed E-state index contributed by atoms with van der Waals surface area (Å²) in [5.74, 6) is -0.479. The molecule has 1 aromatic carbocycles. The maximum atomic E-state index is 11.5. The predicted octanol–water partition coefficient (Wildman–Crippen LogP) is 1.08. The van der Waals surface area contributed by atoms with E-state index < -0.39 is 10.8 Å². The fourth-order valence-electron chi connectivity index (χ4n) is 1.37. The van der Waals surface area contributed by atoms with Crippen LogP contribution in [0, 0.1) is 10.1 Å². The van der Waals surface area contributed by atoms with Gasteiger partial charge in [0, 0.05) is 12.3 Å². The molecule has 0 bridgehead atoms. The van der Waals surface area contributed by atoms with Crippen LogP contribution in [0.5, 0.6) is 0 Å². The maximum absolute atomic E-state index is 11.5. The van der Waals surface area contributed by atoms with Crippen LogP contribution in [0.25, 0.3) is 0 Å². The number of nitrogens with one attached hydrogen (secondary N) is 2. The van der Waals surface area contributed by atoms with E-state index in [9.17, 15) is 14.9 Å². The Morgan fingerprint density at radius 2 is 2.21 bits per heavy atom. The molecule has 2 aromatic rings. The Hall–Kier alpha value is -3.03. The Labute approximate surface area is 107 Å². The zero-order chi connectivity index (χ0) is 13.7. The molecule has 1 aromatic heterocycles.